The molecule has 0 spiro atoms. The molecule has 0 saturated carbocycles. The monoisotopic (exact) mass is 384 g/mol. The van der Waals surface area contributed by atoms with E-state index in [4.69, 9.17) is 9.41 Å². The minimum Gasteiger partial charge on any atom is -0.508 e. The molecule has 0 radical (unpaired) electrons. The highest BCUT2D eigenvalue weighted by molar-refractivity contribution is 5.80. The van der Waals surface area contributed by atoms with Gasteiger partial charge in [-0.1, -0.05) is 30.3 Å². The zero-order chi connectivity index (χ0) is 20.2. The quantitative estimate of drug-likeness (QED) is 0.467. The third-order valence-corrected chi connectivity index (χ3v) is 5.01. The Kier molecular flexibility index (Phi) is 5.34. The molecule has 3 aromatic carbocycles. The van der Waals surface area contributed by atoms with Crippen molar-refractivity contribution in [2.24, 2.45) is 4.99 Å². The SMILES string of the molecule is CCN(CC)c1ccc(N=c2cc(-c3ccccc3)oc3ccc(O)cc23)cc1. The number of fused-ring (bicyclic) bond motifs is 1. The lowest BCUT2D eigenvalue weighted by molar-refractivity contribution is 0.475. The number of phenols is 1. The molecule has 0 unspecified atom stereocenters. The van der Waals surface area contributed by atoms with Gasteiger partial charge in [0.15, 0.2) is 0 Å². The Morgan fingerprint density at radius 3 is 2.28 bits per heavy atom. The third-order valence-electron chi connectivity index (χ3n) is 5.01. The van der Waals surface area contributed by atoms with E-state index in [9.17, 15) is 5.11 Å². The maximum absolute atomic E-state index is 9.97. The lowest BCUT2D eigenvalue weighted by Crippen LogP contribution is -2.21. The minimum absolute atomic E-state index is 0.188. The van der Waals surface area contributed by atoms with Crippen LogP contribution in [0, 0.1) is 0 Å². The van der Waals surface area contributed by atoms with Crippen LogP contribution in [0.3, 0.4) is 0 Å². The van der Waals surface area contributed by atoms with Crippen LogP contribution in [-0.2, 0) is 0 Å². The van der Waals surface area contributed by atoms with Crippen LogP contribution in [0.15, 0.2) is 88.3 Å². The molecule has 0 aliphatic carbocycles. The van der Waals surface area contributed by atoms with E-state index < -0.39 is 0 Å². The van der Waals surface area contributed by atoms with Gasteiger partial charge in [0, 0.05) is 35.8 Å². The molecule has 4 heteroatoms. The molecule has 4 rings (SSSR count). The number of rotatable bonds is 5. The summed E-state index contributed by atoms with van der Waals surface area (Å²) in [4.78, 5) is 7.16. The minimum atomic E-state index is 0.188. The topological polar surface area (TPSA) is 49.0 Å². The Morgan fingerprint density at radius 2 is 1.59 bits per heavy atom. The van der Waals surface area contributed by atoms with Crippen molar-refractivity contribution < 1.29 is 9.52 Å². The lowest BCUT2D eigenvalue weighted by Gasteiger charge is -2.20. The number of hydrogen-bond acceptors (Lipinski definition) is 4. The molecule has 0 aliphatic heterocycles. The molecule has 0 aliphatic rings. The van der Waals surface area contributed by atoms with Crippen molar-refractivity contribution in [3.05, 3.63) is 84.2 Å². The van der Waals surface area contributed by atoms with Crippen LogP contribution in [0.25, 0.3) is 22.3 Å². The second-order valence-corrected chi connectivity index (χ2v) is 6.84. The maximum Gasteiger partial charge on any atom is 0.137 e. The van der Waals surface area contributed by atoms with Crippen LogP contribution in [0.1, 0.15) is 13.8 Å². The van der Waals surface area contributed by atoms with Crippen LogP contribution in [0.4, 0.5) is 11.4 Å². The van der Waals surface area contributed by atoms with E-state index in [1.54, 1.807) is 18.2 Å². The van der Waals surface area contributed by atoms with E-state index in [2.05, 4.69) is 30.9 Å². The van der Waals surface area contributed by atoms with Crippen molar-refractivity contribution in [2.45, 2.75) is 13.8 Å². The maximum atomic E-state index is 9.97. The number of aromatic hydroxyl groups is 1. The van der Waals surface area contributed by atoms with Crippen molar-refractivity contribution >= 4 is 22.3 Å². The highest BCUT2D eigenvalue weighted by Gasteiger charge is 2.07. The van der Waals surface area contributed by atoms with Crippen molar-refractivity contribution in [2.75, 3.05) is 18.0 Å². The summed E-state index contributed by atoms with van der Waals surface area (Å²) in [6.45, 7) is 6.24. The van der Waals surface area contributed by atoms with Crippen LogP contribution in [0.5, 0.6) is 5.75 Å². The van der Waals surface area contributed by atoms with E-state index in [1.807, 2.05) is 48.5 Å². The lowest BCUT2D eigenvalue weighted by atomic mass is 10.1. The Bertz CT molecular complexity index is 1180. The first kappa shape index (κ1) is 18.8. The molecule has 146 valence electrons. The average Bonchev–Trinajstić information content (AvgIpc) is 2.76. The van der Waals surface area contributed by atoms with Crippen molar-refractivity contribution in [1.82, 2.24) is 0 Å². The Hall–Kier alpha value is -3.53. The number of hydrogen-bond donors (Lipinski definition) is 1. The first-order chi connectivity index (χ1) is 14.2. The second-order valence-electron chi connectivity index (χ2n) is 6.84. The van der Waals surface area contributed by atoms with Crippen LogP contribution < -0.4 is 10.3 Å². The van der Waals surface area contributed by atoms with Gasteiger partial charge < -0.3 is 14.4 Å². The molecule has 4 nitrogen and oxygen atoms in total. The molecule has 0 saturated heterocycles. The van der Waals surface area contributed by atoms with Gasteiger partial charge in [-0.15, -0.1) is 0 Å². The van der Waals surface area contributed by atoms with Gasteiger partial charge in [-0.25, -0.2) is 4.99 Å². The fraction of sp³-hybridized carbons (Fsp3) is 0.160. The van der Waals surface area contributed by atoms with E-state index in [-0.39, 0.29) is 5.75 Å². The Labute approximate surface area is 170 Å². The first-order valence-electron chi connectivity index (χ1n) is 9.90. The summed E-state index contributed by atoms with van der Waals surface area (Å²) in [5.74, 6) is 0.927. The second kappa shape index (κ2) is 8.23. The molecule has 0 fully saturated rings. The Balaban J connectivity index is 1.86. The largest absolute Gasteiger partial charge is 0.508 e. The summed E-state index contributed by atoms with van der Waals surface area (Å²) in [5.41, 5.74) is 3.71. The molecule has 1 N–H and O–H groups in total. The molecule has 0 amide bonds. The van der Waals surface area contributed by atoms with E-state index in [1.165, 1.54) is 5.69 Å². The molecule has 4 aromatic rings. The van der Waals surface area contributed by atoms with Gasteiger partial charge in [0.25, 0.3) is 0 Å². The third kappa shape index (κ3) is 4.02. The van der Waals surface area contributed by atoms with Gasteiger partial charge in [-0.2, -0.15) is 0 Å². The van der Waals surface area contributed by atoms with Crippen molar-refractivity contribution in [1.29, 1.82) is 0 Å². The molecule has 0 bridgehead atoms. The highest BCUT2D eigenvalue weighted by Crippen LogP contribution is 2.25. The summed E-state index contributed by atoms with van der Waals surface area (Å²) in [7, 11) is 0. The zero-order valence-corrected chi connectivity index (χ0v) is 16.7. The van der Waals surface area contributed by atoms with E-state index in [0.29, 0.717) is 5.58 Å². The van der Waals surface area contributed by atoms with Gasteiger partial charge in [0.2, 0.25) is 0 Å². The molecule has 1 aromatic heterocycles. The normalized spacial score (nSPS) is 11.7. The van der Waals surface area contributed by atoms with Crippen molar-refractivity contribution in [3.8, 4) is 17.1 Å². The number of nitrogens with zero attached hydrogens (tertiary/aromatic N) is 2. The number of benzene rings is 3. The Morgan fingerprint density at radius 1 is 0.862 bits per heavy atom. The fourth-order valence-corrected chi connectivity index (χ4v) is 3.46. The van der Waals surface area contributed by atoms with Crippen LogP contribution in [0.2, 0.25) is 0 Å². The first-order valence-corrected chi connectivity index (χ1v) is 9.90. The molecule has 29 heavy (non-hydrogen) atoms. The number of phenolic OH excluding ortho intramolecular Hbond substituents is 1. The van der Waals surface area contributed by atoms with Gasteiger partial charge in [0.1, 0.15) is 17.1 Å². The van der Waals surface area contributed by atoms with Gasteiger partial charge in [-0.05, 0) is 56.3 Å². The van der Waals surface area contributed by atoms with Crippen LogP contribution in [-0.4, -0.2) is 18.2 Å². The van der Waals surface area contributed by atoms with E-state index >= 15 is 0 Å². The fourth-order valence-electron chi connectivity index (χ4n) is 3.46. The molecule has 1 heterocycles. The zero-order valence-electron chi connectivity index (χ0n) is 16.7. The molecular weight excluding hydrogens is 360 g/mol. The predicted octanol–water partition coefficient (Wildman–Crippen LogP) is 5.88. The van der Waals surface area contributed by atoms with Crippen molar-refractivity contribution in [3.63, 3.8) is 0 Å². The smallest absolute Gasteiger partial charge is 0.137 e. The summed E-state index contributed by atoms with van der Waals surface area (Å²) >= 11 is 0. The number of anilines is 1. The summed E-state index contributed by atoms with van der Waals surface area (Å²) < 4.78 is 6.08. The summed E-state index contributed by atoms with van der Waals surface area (Å²) in [6.07, 6.45) is 0. The summed E-state index contributed by atoms with van der Waals surface area (Å²) in [6, 6.07) is 25.2. The molecule has 0 atom stereocenters. The summed E-state index contributed by atoms with van der Waals surface area (Å²) in [5, 5.41) is 11.5. The molecular formula is C25H24N2O2. The highest BCUT2D eigenvalue weighted by atomic mass is 16.3. The average molecular weight is 384 g/mol. The van der Waals surface area contributed by atoms with Crippen LogP contribution >= 0.6 is 0 Å². The van der Waals surface area contributed by atoms with Gasteiger partial charge >= 0.3 is 0 Å². The van der Waals surface area contributed by atoms with Gasteiger partial charge in [0.05, 0.1) is 11.0 Å². The predicted molar refractivity (Wildman–Crippen MR) is 119 cm³/mol. The standard InChI is InChI=1S/C25H24N2O2/c1-3-27(4-2)20-12-10-19(11-13-20)26-23-17-25(18-8-6-5-7-9-18)29-24-15-14-21(28)16-22(23)24/h5-17,28H,3-4H2,1-2H3. The van der Waals surface area contributed by atoms with Gasteiger partial charge in [-0.3, -0.25) is 0 Å². The van der Waals surface area contributed by atoms with E-state index in [0.717, 1.165) is 40.8 Å².